The van der Waals surface area contributed by atoms with Crippen molar-refractivity contribution in [1.29, 1.82) is 0 Å². The number of phenols is 1. The Kier molecular flexibility index (Phi) is 2.19. The fraction of sp³-hybridized carbons (Fsp3) is 0.0833. The molecule has 0 amide bonds. The van der Waals surface area contributed by atoms with E-state index < -0.39 is 0 Å². The molecule has 0 heterocycles. The highest BCUT2D eigenvalue weighted by Crippen LogP contribution is 2.17. The SMILES string of the molecule is O=C(c1ccc(O)cc1)C1C=CC=C1. The van der Waals surface area contributed by atoms with E-state index in [2.05, 4.69) is 0 Å². The summed E-state index contributed by atoms with van der Waals surface area (Å²) in [7, 11) is 0. The van der Waals surface area contributed by atoms with Crippen LogP contribution in [0.5, 0.6) is 5.75 Å². The number of hydrogen-bond acceptors (Lipinski definition) is 2. The number of carbonyl (C=O) groups excluding carboxylic acids is 1. The van der Waals surface area contributed by atoms with Gasteiger partial charge in [0.05, 0.1) is 5.92 Å². The van der Waals surface area contributed by atoms with E-state index in [4.69, 9.17) is 5.11 Å². The Morgan fingerprint density at radius 1 is 1.07 bits per heavy atom. The Labute approximate surface area is 82.2 Å². The number of phenolic OH excluding ortho intramolecular Hbond substituents is 1. The molecular formula is C12H10O2. The molecule has 2 heteroatoms. The van der Waals surface area contributed by atoms with Gasteiger partial charge in [0.25, 0.3) is 0 Å². The van der Waals surface area contributed by atoms with E-state index >= 15 is 0 Å². The molecule has 1 aliphatic rings. The van der Waals surface area contributed by atoms with E-state index in [-0.39, 0.29) is 17.5 Å². The van der Waals surface area contributed by atoms with Crippen molar-refractivity contribution in [2.24, 2.45) is 5.92 Å². The Morgan fingerprint density at radius 3 is 2.21 bits per heavy atom. The standard InChI is InChI=1S/C12H10O2/c13-11-7-5-10(6-8-11)12(14)9-3-1-2-4-9/h1-9,13H. The van der Waals surface area contributed by atoms with Gasteiger partial charge in [0, 0.05) is 5.56 Å². The van der Waals surface area contributed by atoms with Crippen molar-refractivity contribution in [3.05, 3.63) is 54.1 Å². The molecule has 0 fully saturated rings. The lowest BCUT2D eigenvalue weighted by atomic mass is 9.99. The quantitative estimate of drug-likeness (QED) is 0.719. The number of ketones is 1. The summed E-state index contributed by atoms with van der Waals surface area (Å²) in [6.45, 7) is 0. The van der Waals surface area contributed by atoms with E-state index in [1.165, 1.54) is 12.1 Å². The van der Waals surface area contributed by atoms with Crippen LogP contribution in [0.25, 0.3) is 0 Å². The van der Waals surface area contributed by atoms with Crippen LogP contribution in [0.2, 0.25) is 0 Å². The van der Waals surface area contributed by atoms with Crippen molar-refractivity contribution in [2.75, 3.05) is 0 Å². The first-order chi connectivity index (χ1) is 6.77. The molecule has 1 aliphatic carbocycles. The third-order valence-corrected chi connectivity index (χ3v) is 2.20. The van der Waals surface area contributed by atoms with E-state index in [9.17, 15) is 4.79 Å². The maximum absolute atomic E-state index is 11.8. The average molecular weight is 186 g/mol. The molecule has 0 radical (unpaired) electrons. The van der Waals surface area contributed by atoms with Crippen LogP contribution in [0.1, 0.15) is 10.4 Å². The van der Waals surface area contributed by atoms with Crippen molar-refractivity contribution >= 4 is 5.78 Å². The third kappa shape index (κ3) is 1.59. The molecule has 1 N–H and O–H groups in total. The van der Waals surface area contributed by atoms with Gasteiger partial charge in [-0.1, -0.05) is 24.3 Å². The molecule has 0 unspecified atom stereocenters. The zero-order valence-corrected chi connectivity index (χ0v) is 7.55. The first-order valence-corrected chi connectivity index (χ1v) is 4.45. The molecule has 0 aliphatic heterocycles. The average Bonchev–Trinajstić information content (AvgIpc) is 2.71. The number of aromatic hydroxyl groups is 1. The molecule has 0 bridgehead atoms. The van der Waals surface area contributed by atoms with Gasteiger partial charge in [-0.2, -0.15) is 0 Å². The van der Waals surface area contributed by atoms with Crippen LogP contribution in [0.4, 0.5) is 0 Å². The summed E-state index contributed by atoms with van der Waals surface area (Å²) < 4.78 is 0. The Hall–Kier alpha value is -1.83. The van der Waals surface area contributed by atoms with Crippen LogP contribution < -0.4 is 0 Å². The number of benzene rings is 1. The highest BCUT2D eigenvalue weighted by Gasteiger charge is 2.15. The van der Waals surface area contributed by atoms with E-state index in [0.29, 0.717) is 5.56 Å². The molecule has 0 aromatic heterocycles. The molecule has 1 aromatic rings. The minimum Gasteiger partial charge on any atom is -0.508 e. The summed E-state index contributed by atoms with van der Waals surface area (Å²) in [6, 6.07) is 6.32. The smallest absolute Gasteiger partial charge is 0.173 e. The second kappa shape index (κ2) is 3.50. The van der Waals surface area contributed by atoms with Gasteiger partial charge in [0.15, 0.2) is 5.78 Å². The van der Waals surface area contributed by atoms with Crippen molar-refractivity contribution in [2.45, 2.75) is 0 Å². The van der Waals surface area contributed by atoms with Gasteiger partial charge in [0.1, 0.15) is 5.75 Å². The fourth-order valence-electron chi connectivity index (χ4n) is 1.42. The Bertz CT molecular complexity index is 387. The minimum absolute atomic E-state index is 0.0648. The highest BCUT2D eigenvalue weighted by atomic mass is 16.3. The molecule has 14 heavy (non-hydrogen) atoms. The number of Topliss-reactive ketones (excluding diaryl/α,β-unsaturated/α-hetero) is 1. The lowest BCUT2D eigenvalue weighted by Crippen LogP contribution is -2.08. The van der Waals surface area contributed by atoms with Crippen LogP contribution >= 0.6 is 0 Å². The number of rotatable bonds is 2. The predicted octanol–water partition coefficient (Wildman–Crippen LogP) is 2.32. The van der Waals surface area contributed by atoms with Crippen LogP contribution in [-0.4, -0.2) is 10.9 Å². The zero-order valence-electron chi connectivity index (χ0n) is 7.55. The van der Waals surface area contributed by atoms with Gasteiger partial charge in [-0.05, 0) is 24.3 Å². The molecule has 0 saturated carbocycles. The third-order valence-electron chi connectivity index (χ3n) is 2.20. The normalized spacial score (nSPS) is 14.9. The van der Waals surface area contributed by atoms with Crippen molar-refractivity contribution in [1.82, 2.24) is 0 Å². The predicted molar refractivity (Wildman–Crippen MR) is 54.2 cm³/mol. The summed E-state index contributed by atoms with van der Waals surface area (Å²) in [4.78, 5) is 11.8. The van der Waals surface area contributed by atoms with Gasteiger partial charge in [-0.25, -0.2) is 0 Å². The molecule has 0 atom stereocenters. The second-order valence-electron chi connectivity index (χ2n) is 3.21. The lowest BCUT2D eigenvalue weighted by Gasteiger charge is -2.04. The Balaban J connectivity index is 2.23. The van der Waals surface area contributed by atoms with Gasteiger partial charge in [-0.15, -0.1) is 0 Å². The lowest BCUT2D eigenvalue weighted by molar-refractivity contribution is 0.0966. The summed E-state index contributed by atoms with van der Waals surface area (Å²) in [5.74, 6) is 0.105. The summed E-state index contributed by atoms with van der Waals surface area (Å²) in [5, 5.41) is 9.06. The van der Waals surface area contributed by atoms with Crippen molar-refractivity contribution < 1.29 is 9.90 Å². The first kappa shape index (κ1) is 8.75. The molecule has 0 spiro atoms. The maximum Gasteiger partial charge on any atom is 0.173 e. The molecule has 2 nitrogen and oxygen atoms in total. The summed E-state index contributed by atoms with van der Waals surface area (Å²) in [5.41, 5.74) is 0.629. The highest BCUT2D eigenvalue weighted by molar-refractivity contribution is 6.00. The first-order valence-electron chi connectivity index (χ1n) is 4.45. The van der Waals surface area contributed by atoms with Crippen molar-refractivity contribution in [3.8, 4) is 5.75 Å². The molecule has 2 rings (SSSR count). The molecule has 0 saturated heterocycles. The fourth-order valence-corrected chi connectivity index (χ4v) is 1.42. The van der Waals surface area contributed by atoms with Crippen molar-refractivity contribution in [3.63, 3.8) is 0 Å². The minimum atomic E-state index is -0.139. The molecule has 1 aromatic carbocycles. The van der Waals surface area contributed by atoms with Gasteiger partial charge < -0.3 is 5.11 Å². The summed E-state index contributed by atoms with van der Waals surface area (Å²) >= 11 is 0. The maximum atomic E-state index is 11.8. The van der Waals surface area contributed by atoms with Gasteiger partial charge in [-0.3, -0.25) is 4.79 Å². The monoisotopic (exact) mass is 186 g/mol. The number of carbonyl (C=O) groups is 1. The molecular weight excluding hydrogens is 176 g/mol. The zero-order chi connectivity index (χ0) is 9.97. The van der Waals surface area contributed by atoms with E-state index in [1.807, 2.05) is 24.3 Å². The second-order valence-corrected chi connectivity index (χ2v) is 3.21. The van der Waals surface area contributed by atoms with Crippen LogP contribution in [-0.2, 0) is 0 Å². The molecule has 70 valence electrons. The largest absolute Gasteiger partial charge is 0.508 e. The van der Waals surface area contributed by atoms with Crippen LogP contribution in [0.3, 0.4) is 0 Å². The Morgan fingerprint density at radius 2 is 1.64 bits per heavy atom. The van der Waals surface area contributed by atoms with Gasteiger partial charge in [0.2, 0.25) is 0 Å². The number of allylic oxidation sites excluding steroid dienone is 4. The number of hydrogen-bond donors (Lipinski definition) is 1. The van der Waals surface area contributed by atoms with Crippen LogP contribution in [0, 0.1) is 5.92 Å². The topological polar surface area (TPSA) is 37.3 Å². The van der Waals surface area contributed by atoms with E-state index in [1.54, 1.807) is 12.1 Å². The van der Waals surface area contributed by atoms with Gasteiger partial charge >= 0.3 is 0 Å². The van der Waals surface area contributed by atoms with Crippen LogP contribution in [0.15, 0.2) is 48.6 Å². The summed E-state index contributed by atoms with van der Waals surface area (Å²) in [6.07, 6.45) is 7.44. The van der Waals surface area contributed by atoms with E-state index in [0.717, 1.165) is 0 Å².